The fourth-order valence-electron chi connectivity index (χ4n) is 4.30. The quantitative estimate of drug-likeness (QED) is 0.282. The molecule has 0 radical (unpaired) electrons. The van der Waals surface area contributed by atoms with Gasteiger partial charge in [-0.05, 0) is 54.7 Å². The monoisotopic (exact) mass is 387 g/mol. The summed E-state index contributed by atoms with van der Waals surface area (Å²) in [6.45, 7) is 2.23. The van der Waals surface area contributed by atoms with Gasteiger partial charge in [0.05, 0.1) is 11.0 Å². The number of unbranched alkanes of at least 4 members (excludes halogenated alkanes) is 2. The van der Waals surface area contributed by atoms with Gasteiger partial charge in [0.15, 0.2) is 0 Å². The van der Waals surface area contributed by atoms with Crippen LogP contribution in [0.4, 0.5) is 14.5 Å². The van der Waals surface area contributed by atoms with Gasteiger partial charge >= 0.3 is 5.69 Å². The molecule has 1 saturated carbocycles. The van der Waals surface area contributed by atoms with E-state index in [-0.39, 0.29) is 5.56 Å². The minimum atomic E-state index is -1.02. The zero-order chi connectivity index (χ0) is 20.1. The molecular weight excluding hydrogens is 360 g/mol. The zero-order valence-electron chi connectivity index (χ0n) is 16.3. The number of halogens is 2. The molecular formula is C23H27F2NO2. The predicted molar refractivity (Wildman–Crippen MR) is 107 cm³/mol. The maximum Gasteiger partial charge on any atom is 0.307 e. The standard InChI is InChI=1S/C23H27F2NO2/c1-2-3-4-5-16-6-8-17(9-7-16)18-10-12-19(13-11-18)20-14-22(25)23(26(27)28)15-21(20)24/h10-17H,2-9H2,1H3. The molecule has 0 aromatic heterocycles. The topological polar surface area (TPSA) is 43.1 Å². The summed E-state index contributed by atoms with van der Waals surface area (Å²) in [5.41, 5.74) is 0.977. The molecule has 28 heavy (non-hydrogen) atoms. The molecule has 0 aliphatic heterocycles. The van der Waals surface area contributed by atoms with Crippen LogP contribution in [0.2, 0.25) is 0 Å². The Morgan fingerprint density at radius 1 is 1.00 bits per heavy atom. The fourth-order valence-corrected chi connectivity index (χ4v) is 4.30. The summed E-state index contributed by atoms with van der Waals surface area (Å²) in [5, 5.41) is 10.7. The third kappa shape index (κ3) is 4.75. The summed E-state index contributed by atoms with van der Waals surface area (Å²) in [6.07, 6.45) is 10.1. The van der Waals surface area contributed by atoms with Crippen molar-refractivity contribution in [3.63, 3.8) is 0 Å². The first-order valence-electron chi connectivity index (χ1n) is 10.2. The highest BCUT2D eigenvalue weighted by Gasteiger charge is 2.23. The average Bonchev–Trinajstić information content (AvgIpc) is 2.70. The molecule has 0 N–H and O–H groups in total. The van der Waals surface area contributed by atoms with Crippen molar-refractivity contribution < 1.29 is 13.7 Å². The number of rotatable bonds is 7. The van der Waals surface area contributed by atoms with Crippen LogP contribution in [0.15, 0.2) is 36.4 Å². The lowest BCUT2D eigenvalue weighted by Gasteiger charge is -2.29. The van der Waals surface area contributed by atoms with Crippen LogP contribution in [0.25, 0.3) is 11.1 Å². The molecule has 0 unspecified atom stereocenters. The van der Waals surface area contributed by atoms with Gasteiger partial charge in [-0.2, -0.15) is 4.39 Å². The van der Waals surface area contributed by atoms with Gasteiger partial charge in [-0.15, -0.1) is 0 Å². The molecule has 0 amide bonds. The van der Waals surface area contributed by atoms with E-state index in [1.165, 1.54) is 56.9 Å². The van der Waals surface area contributed by atoms with Crippen molar-refractivity contribution >= 4 is 5.69 Å². The largest absolute Gasteiger partial charge is 0.307 e. The van der Waals surface area contributed by atoms with Crippen LogP contribution < -0.4 is 0 Å². The number of hydrogen-bond acceptors (Lipinski definition) is 2. The molecule has 2 aromatic carbocycles. The van der Waals surface area contributed by atoms with E-state index in [0.29, 0.717) is 17.5 Å². The number of nitro benzene ring substituents is 1. The van der Waals surface area contributed by atoms with Crippen molar-refractivity contribution in [1.82, 2.24) is 0 Å². The number of hydrogen-bond donors (Lipinski definition) is 0. The Morgan fingerprint density at radius 3 is 2.29 bits per heavy atom. The van der Waals surface area contributed by atoms with Crippen LogP contribution in [-0.2, 0) is 0 Å². The van der Waals surface area contributed by atoms with Gasteiger partial charge in [0.2, 0.25) is 5.82 Å². The van der Waals surface area contributed by atoms with Gasteiger partial charge in [0.25, 0.3) is 0 Å². The molecule has 1 aliphatic rings. The van der Waals surface area contributed by atoms with Crippen LogP contribution >= 0.6 is 0 Å². The van der Waals surface area contributed by atoms with E-state index < -0.39 is 22.2 Å². The lowest BCUT2D eigenvalue weighted by molar-refractivity contribution is -0.387. The van der Waals surface area contributed by atoms with Crippen molar-refractivity contribution in [2.45, 2.75) is 64.2 Å². The van der Waals surface area contributed by atoms with E-state index >= 15 is 0 Å². The predicted octanol–water partition coefficient (Wildman–Crippen LogP) is 7.39. The molecule has 1 fully saturated rings. The normalized spacial score (nSPS) is 19.5. The Hall–Kier alpha value is -2.30. The minimum absolute atomic E-state index is 0.0503. The number of benzene rings is 2. The molecule has 2 aromatic rings. The second kappa shape index (κ2) is 9.26. The van der Waals surface area contributed by atoms with Gasteiger partial charge in [-0.25, -0.2) is 4.39 Å². The van der Waals surface area contributed by atoms with E-state index in [1.807, 2.05) is 12.1 Å². The molecule has 3 rings (SSSR count). The Labute approximate surface area is 164 Å². The zero-order valence-corrected chi connectivity index (χ0v) is 16.3. The summed E-state index contributed by atoms with van der Waals surface area (Å²) in [5.74, 6) is -0.436. The first-order valence-corrected chi connectivity index (χ1v) is 10.2. The smallest absolute Gasteiger partial charge is 0.258 e. The lowest BCUT2D eigenvalue weighted by atomic mass is 9.77. The van der Waals surface area contributed by atoms with Crippen LogP contribution in [-0.4, -0.2) is 4.92 Å². The molecule has 5 heteroatoms. The van der Waals surface area contributed by atoms with Gasteiger partial charge in [-0.1, -0.05) is 56.9 Å². The second-order valence-corrected chi connectivity index (χ2v) is 7.88. The van der Waals surface area contributed by atoms with Crippen LogP contribution in [0.5, 0.6) is 0 Å². The molecule has 150 valence electrons. The molecule has 0 spiro atoms. The lowest BCUT2D eigenvalue weighted by Crippen LogP contribution is -2.13. The van der Waals surface area contributed by atoms with Gasteiger partial charge in [-0.3, -0.25) is 10.1 Å². The SMILES string of the molecule is CCCCCC1CCC(c2ccc(-c3cc(F)c([N+](=O)[O-])cc3F)cc2)CC1. The van der Waals surface area contributed by atoms with Crippen molar-refractivity contribution in [2.24, 2.45) is 5.92 Å². The molecule has 0 bridgehead atoms. The van der Waals surface area contributed by atoms with Gasteiger partial charge in [0, 0.05) is 5.56 Å². The summed E-state index contributed by atoms with van der Waals surface area (Å²) in [4.78, 5) is 9.82. The van der Waals surface area contributed by atoms with E-state index in [4.69, 9.17) is 0 Å². The maximum absolute atomic E-state index is 14.2. The number of nitro groups is 1. The summed E-state index contributed by atoms with van der Waals surface area (Å²) in [7, 11) is 0. The summed E-state index contributed by atoms with van der Waals surface area (Å²) >= 11 is 0. The van der Waals surface area contributed by atoms with E-state index in [2.05, 4.69) is 6.92 Å². The highest BCUT2D eigenvalue weighted by molar-refractivity contribution is 5.66. The van der Waals surface area contributed by atoms with Gasteiger partial charge < -0.3 is 0 Å². The Morgan fingerprint density at radius 2 is 1.68 bits per heavy atom. The highest BCUT2D eigenvalue weighted by atomic mass is 19.1. The average molecular weight is 387 g/mol. The molecule has 0 atom stereocenters. The first-order chi connectivity index (χ1) is 13.5. The van der Waals surface area contributed by atoms with Crippen LogP contribution in [0.1, 0.15) is 69.8 Å². The molecule has 3 nitrogen and oxygen atoms in total. The molecule has 0 saturated heterocycles. The Balaban J connectivity index is 1.66. The Kier molecular flexibility index (Phi) is 6.76. The van der Waals surface area contributed by atoms with E-state index in [0.717, 1.165) is 12.0 Å². The third-order valence-corrected chi connectivity index (χ3v) is 5.99. The minimum Gasteiger partial charge on any atom is -0.258 e. The summed E-state index contributed by atoms with van der Waals surface area (Å²) < 4.78 is 28.1. The highest BCUT2D eigenvalue weighted by Crippen LogP contribution is 2.38. The second-order valence-electron chi connectivity index (χ2n) is 7.88. The third-order valence-electron chi connectivity index (χ3n) is 5.99. The van der Waals surface area contributed by atoms with Crippen LogP contribution in [0.3, 0.4) is 0 Å². The van der Waals surface area contributed by atoms with Crippen molar-refractivity contribution in [1.29, 1.82) is 0 Å². The van der Waals surface area contributed by atoms with Crippen LogP contribution in [0, 0.1) is 27.7 Å². The van der Waals surface area contributed by atoms with E-state index in [1.54, 1.807) is 12.1 Å². The first kappa shape index (κ1) is 20.4. The molecule has 0 heterocycles. The van der Waals surface area contributed by atoms with Crippen molar-refractivity contribution in [3.8, 4) is 11.1 Å². The van der Waals surface area contributed by atoms with Crippen molar-refractivity contribution in [3.05, 3.63) is 63.7 Å². The van der Waals surface area contributed by atoms with Gasteiger partial charge in [0.1, 0.15) is 5.82 Å². The van der Waals surface area contributed by atoms with Crippen molar-refractivity contribution in [2.75, 3.05) is 0 Å². The maximum atomic E-state index is 14.2. The fraction of sp³-hybridized carbons (Fsp3) is 0.478. The van der Waals surface area contributed by atoms with E-state index in [9.17, 15) is 18.9 Å². The Bertz CT molecular complexity index is 812. The summed E-state index contributed by atoms with van der Waals surface area (Å²) in [6, 6.07) is 9.09. The molecule has 1 aliphatic carbocycles. The number of nitrogens with zero attached hydrogens (tertiary/aromatic N) is 1.